The Kier molecular flexibility index (Phi) is 3.98. The highest BCUT2D eigenvalue weighted by Crippen LogP contribution is 2.29. The van der Waals surface area contributed by atoms with Crippen LogP contribution in [0.25, 0.3) is 0 Å². The fourth-order valence-corrected chi connectivity index (χ4v) is 2.42. The zero-order valence-electron chi connectivity index (χ0n) is 12.0. The van der Waals surface area contributed by atoms with Gasteiger partial charge in [-0.3, -0.25) is 14.4 Å². The summed E-state index contributed by atoms with van der Waals surface area (Å²) in [6, 6.07) is 6.91. The molecule has 0 saturated heterocycles. The first-order valence-electron chi connectivity index (χ1n) is 6.82. The molecule has 104 valence electrons. The maximum atomic E-state index is 12.5. The second kappa shape index (κ2) is 5.53. The summed E-state index contributed by atoms with van der Waals surface area (Å²) in [7, 11) is 0. The number of hydrogen-bond donors (Lipinski definition) is 0. The van der Waals surface area contributed by atoms with Crippen LogP contribution in [0.4, 0.5) is 0 Å². The first kappa shape index (κ1) is 14.4. The van der Waals surface area contributed by atoms with E-state index in [4.69, 9.17) is 0 Å². The molecule has 1 aromatic carbocycles. The van der Waals surface area contributed by atoms with Crippen LogP contribution in [0.5, 0.6) is 0 Å². The molecule has 0 amide bonds. The van der Waals surface area contributed by atoms with Gasteiger partial charge in [0, 0.05) is 28.2 Å². The number of benzene rings is 1. The van der Waals surface area contributed by atoms with E-state index in [0.717, 1.165) is 0 Å². The summed E-state index contributed by atoms with van der Waals surface area (Å²) in [5.41, 5.74) is 2.04. The Bertz CT molecular complexity index is 623. The van der Waals surface area contributed by atoms with Crippen molar-refractivity contribution in [2.75, 3.05) is 0 Å². The molecule has 1 aliphatic carbocycles. The Morgan fingerprint density at radius 3 is 2.20 bits per heavy atom. The highest BCUT2D eigenvalue weighted by atomic mass is 16.1. The van der Waals surface area contributed by atoms with Gasteiger partial charge in [-0.25, -0.2) is 0 Å². The zero-order chi connectivity index (χ0) is 14.9. The molecule has 3 nitrogen and oxygen atoms in total. The minimum atomic E-state index is -0.0876. The van der Waals surface area contributed by atoms with E-state index in [0.29, 0.717) is 35.1 Å². The summed E-state index contributed by atoms with van der Waals surface area (Å²) < 4.78 is 0. The Labute approximate surface area is 118 Å². The van der Waals surface area contributed by atoms with Gasteiger partial charge in [-0.15, -0.1) is 0 Å². The predicted molar refractivity (Wildman–Crippen MR) is 76.9 cm³/mol. The molecule has 0 spiro atoms. The third-order valence-corrected chi connectivity index (χ3v) is 4.00. The first-order chi connectivity index (χ1) is 9.43. The van der Waals surface area contributed by atoms with Crippen molar-refractivity contribution >= 4 is 17.3 Å². The lowest BCUT2D eigenvalue weighted by Crippen LogP contribution is -2.21. The number of Topliss-reactive ketones (excluding diaryl/α,β-unsaturated/α-hetero) is 3. The first-order valence-corrected chi connectivity index (χ1v) is 6.82. The lowest BCUT2D eigenvalue weighted by molar-refractivity contribution is -0.120. The molecular weight excluding hydrogens is 252 g/mol. The number of rotatable bonds is 4. The summed E-state index contributed by atoms with van der Waals surface area (Å²) in [5.74, 6) is -0.132. The Balaban J connectivity index is 2.30. The third-order valence-electron chi connectivity index (χ3n) is 4.00. The van der Waals surface area contributed by atoms with E-state index in [9.17, 15) is 14.4 Å². The zero-order valence-corrected chi connectivity index (χ0v) is 12.0. The number of carbonyl (C=O) groups excluding carboxylic acids is 3. The number of allylic oxidation sites excluding steroid dienone is 2. The van der Waals surface area contributed by atoms with Crippen molar-refractivity contribution in [2.45, 2.75) is 33.6 Å². The number of fused-ring (bicyclic) bond motifs is 1. The molecule has 0 radical (unpaired) electrons. The van der Waals surface area contributed by atoms with Crippen LogP contribution in [0.15, 0.2) is 35.4 Å². The SMILES string of the molecule is CC(=O)C(C)CCC1=C(C)C(=O)c2ccccc2C1=O. The summed E-state index contributed by atoms with van der Waals surface area (Å²) in [6.45, 7) is 5.10. The smallest absolute Gasteiger partial charge is 0.190 e. The fourth-order valence-electron chi connectivity index (χ4n) is 2.42. The fraction of sp³-hybridized carbons (Fsp3) is 0.353. The van der Waals surface area contributed by atoms with Crippen LogP contribution in [-0.4, -0.2) is 17.3 Å². The lowest BCUT2D eigenvalue weighted by atomic mass is 9.82. The molecule has 1 aliphatic rings. The standard InChI is InChI=1S/C17H18O3/c1-10(12(3)18)8-9-13-11(2)16(19)14-6-4-5-7-15(14)17(13)20/h4-7,10H,8-9H2,1-3H3. The van der Waals surface area contributed by atoms with Crippen LogP contribution in [0.3, 0.4) is 0 Å². The molecule has 20 heavy (non-hydrogen) atoms. The van der Waals surface area contributed by atoms with E-state index in [1.807, 2.05) is 6.92 Å². The van der Waals surface area contributed by atoms with Gasteiger partial charge in [0.1, 0.15) is 5.78 Å². The van der Waals surface area contributed by atoms with Gasteiger partial charge in [-0.2, -0.15) is 0 Å². The molecule has 0 fully saturated rings. The van der Waals surface area contributed by atoms with E-state index in [-0.39, 0.29) is 23.3 Å². The minimum absolute atomic E-state index is 0.0755. The van der Waals surface area contributed by atoms with E-state index < -0.39 is 0 Å². The highest BCUT2D eigenvalue weighted by Gasteiger charge is 2.29. The number of hydrogen-bond acceptors (Lipinski definition) is 3. The molecule has 3 heteroatoms. The van der Waals surface area contributed by atoms with E-state index in [1.165, 1.54) is 0 Å². The van der Waals surface area contributed by atoms with Crippen molar-refractivity contribution in [2.24, 2.45) is 5.92 Å². The van der Waals surface area contributed by atoms with Crippen molar-refractivity contribution in [1.82, 2.24) is 0 Å². The van der Waals surface area contributed by atoms with Crippen LogP contribution in [0.2, 0.25) is 0 Å². The van der Waals surface area contributed by atoms with Gasteiger partial charge in [-0.1, -0.05) is 31.2 Å². The number of ketones is 3. The van der Waals surface area contributed by atoms with Gasteiger partial charge >= 0.3 is 0 Å². The lowest BCUT2D eigenvalue weighted by Gasteiger charge is -2.19. The largest absolute Gasteiger partial charge is 0.300 e. The average Bonchev–Trinajstić information content (AvgIpc) is 2.44. The predicted octanol–water partition coefficient (Wildman–Crippen LogP) is 3.39. The molecule has 2 rings (SSSR count). The second-order valence-corrected chi connectivity index (χ2v) is 5.36. The monoisotopic (exact) mass is 270 g/mol. The third kappa shape index (κ3) is 2.48. The van der Waals surface area contributed by atoms with E-state index in [2.05, 4.69) is 0 Å². The maximum absolute atomic E-state index is 12.5. The normalized spacial score (nSPS) is 16.1. The van der Waals surface area contributed by atoms with Gasteiger partial charge in [0.05, 0.1) is 0 Å². The molecule has 0 saturated carbocycles. The quantitative estimate of drug-likeness (QED) is 0.842. The molecule has 0 heterocycles. The summed E-state index contributed by atoms with van der Waals surface area (Å²) in [6.07, 6.45) is 1.08. The Hall–Kier alpha value is -2.03. The molecule has 1 aromatic rings. The van der Waals surface area contributed by atoms with Crippen LogP contribution < -0.4 is 0 Å². The van der Waals surface area contributed by atoms with Crippen molar-refractivity contribution in [3.05, 3.63) is 46.5 Å². The maximum Gasteiger partial charge on any atom is 0.190 e. The molecule has 0 aromatic heterocycles. The summed E-state index contributed by atoms with van der Waals surface area (Å²) in [4.78, 5) is 36.0. The summed E-state index contributed by atoms with van der Waals surface area (Å²) in [5, 5.41) is 0. The molecule has 0 bridgehead atoms. The van der Waals surface area contributed by atoms with Gasteiger partial charge < -0.3 is 0 Å². The molecule has 1 unspecified atom stereocenters. The highest BCUT2D eigenvalue weighted by molar-refractivity contribution is 6.26. The topological polar surface area (TPSA) is 51.2 Å². The Morgan fingerprint density at radius 1 is 1.10 bits per heavy atom. The van der Waals surface area contributed by atoms with Crippen LogP contribution in [-0.2, 0) is 4.79 Å². The molecule has 0 aliphatic heterocycles. The van der Waals surface area contributed by atoms with Crippen molar-refractivity contribution in [1.29, 1.82) is 0 Å². The van der Waals surface area contributed by atoms with Gasteiger partial charge in [0.25, 0.3) is 0 Å². The average molecular weight is 270 g/mol. The van der Waals surface area contributed by atoms with Crippen molar-refractivity contribution in [3.63, 3.8) is 0 Å². The minimum Gasteiger partial charge on any atom is -0.300 e. The van der Waals surface area contributed by atoms with Gasteiger partial charge in [0.15, 0.2) is 11.6 Å². The van der Waals surface area contributed by atoms with Gasteiger partial charge in [-0.05, 0) is 26.7 Å². The van der Waals surface area contributed by atoms with Crippen LogP contribution in [0, 0.1) is 5.92 Å². The Morgan fingerprint density at radius 2 is 1.65 bits per heavy atom. The summed E-state index contributed by atoms with van der Waals surface area (Å²) >= 11 is 0. The van der Waals surface area contributed by atoms with Crippen LogP contribution >= 0.6 is 0 Å². The van der Waals surface area contributed by atoms with E-state index in [1.54, 1.807) is 38.1 Å². The van der Waals surface area contributed by atoms with Gasteiger partial charge in [0.2, 0.25) is 0 Å². The number of carbonyl (C=O) groups is 3. The molecular formula is C17H18O3. The van der Waals surface area contributed by atoms with Crippen molar-refractivity contribution in [3.8, 4) is 0 Å². The van der Waals surface area contributed by atoms with Crippen molar-refractivity contribution < 1.29 is 14.4 Å². The van der Waals surface area contributed by atoms with Crippen LogP contribution in [0.1, 0.15) is 54.3 Å². The van der Waals surface area contributed by atoms with E-state index >= 15 is 0 Å². The molecule has 1 atom stereocenters. The second-order valence-electron chi connectivity index (χ2n) is 5.36. The molecule has 0 N–H and O–H groups in total.